The van der Waals surface area contributed by atoms with Crippen LogP contribution in [0.25, 0.3) is 0 Å². The van der Waals surface area contributed by atoms with Gasteiger partial charge in [0.2, 0.25) is 6.79 Å². The summed E-state index contributed by atoms with van der Waals surface area (Å²) in [5.74, 6) is -1.73. The van der Waals surface area contributed by atoms with Crippen molar-refractivity contribution >= 4 is 36.0 Å². The van der Waals surface area contributed by atoms with Crippen molar-refractivity contribution in [2.75, 3.05) is 58.9 Å². The van der Waals surface area contributed by atoms with Crippen molar-refractivity contribution in [2.45, 2.75) is 45.6 Å². The van der Waals surface area contributed by atoms with Gasteiger partial charge in [0.15, 0.2) is 11.9 Å². The normalized spacial score (nSPS) is 14.1. The summed E-state index contributed by atoms with van der Waals surface area (Å²) < 4.78 is 30.7. The zero-order valence-corrected chi connectivity index (χ0v) is 21.6. The summed E-state index contributed by atoms with van der Waals surface area (Å²) in [6.45, 7) is 6.23. The Morgan fingerprint density at radius 3 is 2.24 bits per heavy atom. The summed E-state index contributed by atoms with van der Waals surface area (Å²) in [7, 11) is 1.59. The summed E-state index contributed by atoms with van der Waals surface area (Å²) in [5, 5.41) is 0. The van der Waals surface area contributed by atoms with E-state index in [9.17, 15) is 19.2 Å². The lowest BCUT2D eigenvalue weighted by molar-refractivity contribution is -0.175. The molecule has 2 unspecified atom stereocenters. The second-order valence-electron chi connectivity index (χ2n) is 7.44. The van der Waals surface area contributed by atoms with E-state index in [0.717, 1.165) is 0 Å². The van der Waals surface area contributed by atoms with Gasteiger partial charge in [-0.25, -0.2) is 4.79 Å². The number of carbonyl (C=O) groups is 4. The Hall–Kier alpha value is -1.95. The van der Waals surface area contributed by atoms with Crippen molar-refractivity contribution in [1.29, 1.82) is 0 Å². The first kappa shape index (κ1) is 32.0. The average molecular weight is 507 g/mol. The summed E-state index contributed by atoms with van der Waals surface area (Å²) in [6, 6.07) is 0. The maximum absolute atomic E-state index is 12.5. The fraction of sp³-hybridized carbons (Fsp3) is 0.739. The standard InChI is InChI=1S/C23H38O10S/c1-6-18(8-9-29-12-13-30-11-10-28-4)22(27)33-23(3,16-24)14-20(25)31-17-32-21(26)19(7-2)15-34-5/h6,16,19H,7-15,17H2,1-5H3/b18-6+. The van der Waals surface area contributed by atoms with Crippen LogP contribution in [0.15, 0.2) is 11.6 Å². The molecule has 0 aromatic carbocycles. The van der Waals surface area contributed by atoms with E-state index >= 15 is 0 Å². The summed E-state index contributed by atoms with van der Waals surface area (Å²) in [4.78, 5) is 48.1. The summed E-state index contributed by atoms with van der Waals surface area (Å²) >= 11 is 1.52. The molecule has 0 fully saturated rings. The number of hydrogen-bond acceptors (Lipinski definition) is 11. The molecule has 0 amide bonds. The molecule has 0 bridgehead atoms. The molecule has 0 aliphatic heterocycles. The number of allylic oxidation sites excluding steroid dienone is 1. The van der Waals surface area contributed by atoms with Crippen LogP contribution >= 0.6 is 11.8 Å². The molecule has 11 heteroatoms. The van der Waals surface area contributed by atoms with Crippen LogP contribution in [0.5, 0.6) is 0 Å². The molecule has 196 valence electrons. The molecule has 34 heavy (non-hydrogen) atoms. The SMILES string of the molecule is C/C=C(\CCOCCOCCOC)C(=O)OC(C)(C=O)CC(=O)OCOC(=O)C(CC)CSC. The number of rotatable bonds is 20. The van der Waals surface area contributed by atoms with Crippen molar-refractivity contribution in [1.82, 2.24) is 0 Å². The quantitative estimate of drug-likeness (QED) is 0.0794. The van der Waals surface area contributed by atoms with E-state index in [4.69, 9.17) is 28.4 Å². The fourth-order valence-corrected chi connectivity index (χ4v) is 3.33. The fourth-order valence-electron chi connectivity index (χ4n) is 2.55. The van der Waals surface area contributed by atoms with E-state index < -0.39 is 36.7 Å². The van der Waals surface area contributed by atoms with Crippen molar-refractivity contribution in [2.24, 2.45) is 5.92 Å². The van der Waals surface area contributed by atoms with Crippen molar-refractivity contribution in [3.63, 3.8) is 0 Å². The third-order valence-corrected chi connectivity index (χ3v) is 5.35. The van der Waals surface area contributed by atoms with Crippen LogP contribution in [-0.4, -0.2) is 88.7 Å². The van der Waals surface area contributed by atoms with Gasteiger partial charge in [0.05, 0.1) is 45.4 Å². The van der Waals surface area contributed by atoms with Gasteiger partial charge in [-0.2, -0.15) is 11.8 Å². The second kappa shape index (κ2) is 19.4. The molecule has 0 aliphatic carbocycles. The Labute approximate surface area is 206 Å². The van der Waals surface area contributed by atoms with Gasteiger partial charge in [0.1, 0.15) is 0 Å². The van der Waals surface area contributed by atoms with Crippen LogP contribution in [0.2, 0.25) is 0 Å². The lowest BCUT2D eigenvalue weighted by Gasteiger charge is -2.23. The topological polar surface area (TPSA) is 124 Å². The highest BCUT2D eigenvalue weighted by Crippen LogP contribution is 2.18. The first-order valence-corrected chi connectivity index (χ1v) is 12.5. The van der Waals surface area contributed by atoms with Crippen LogP contribution in [-0.2, 0) is 47.6 Å². The molecule has 0 aromatic rings. The molecule has 0 saturated carbocycles. The molecule has 0 aromatic heterocycles. The number of methoxy groups -OCH3 is 1. The first-order valence-electron chi connectivity index (χ1n) is 11.1. The Morgan fingerprint density at radius 1 is 1.03 bits per heavy atom. The number of thioether (sulfide) groups is 1. The van der Waals surface area contributed by atoms with Crippen molar-refractivity contribution in [3.05, 3.63) is 11.6 Å². The Balaban J connectivity index is 4.47. The Morgan fingerprint density at radius 2 is 1.68 bits per heavy atom. The number of aldehydes is 1. The molecule has 0 saturated heterocycles. The molecule has 0 N–H and O–H groups in total. The molecule has 2 atom stereocenters. The van der Waals surface area contributed by atoms with Crippen molar-refractivity contribution in [3.8, 4) is 0 Å². The van der Waals surface area contributed by atoms with E-state index in [0.29, 0.717) is 50.5 Å². The van der Waals surface area contributed by atoms with Gasteiger partial charge in [0.25, 0.3) is 0 Å². The van der Waals surface area contributed by atoms with Crippen molar-refractivity contribution < 1.29 is 47.6 Å². The molecule has 0 radical (unpaired) electrons. The molecule has 0 rings (SSSR count). The van der Waals surface area contributed by atoms with Gasteiger partial charge in [-0.05, 0) is 26.5 Å². The van der Waals surface area contributed by atoms with Gasteiger partial charge < -0.3 is 28.4 Å². The summed E-state index contributed by atoms with van der Waals surface area (Å²) in [5.41, 5.74) is -1.43. The van der Waals surface area contributed by atoms with Gasteiger partial charge in [-0.1, -0.05) is 13.0 Å². The van der Waals surface area contributed by atoms with Crippen LogP contribution in [0.3, 0.4) is 0 Å². The van der Waals surface area contributed by atoms with Gasteiger partial charge >= 0.3 is 17.9 Å². The molecular formula is C23H38O10S. The smallest absolute Gasteiger partial charge is 0.334 e. The molecule has 10 nitrogen and oxygen atoms in total. The predicted octanol–water partition coefficient (Wildman–Crippen LogP) is 2.33. The highest BCUT2D eigenvalue weighted by atomic mass is 32.2. The Kier molecular flexibility index (Phi) is 18.3. The minimum absolute atomic E-state index is 0.253. The summed E-state index contributed by atoms with van der Waals surface area (Å²) in [6.07, 6.45) is 4.15. The van der Waals surface area contributed by atoms with E-state index in [1.807, 2.05) is 13.2 Å². The number of hydrogen-bond donors (Lipinski definition) is 0. The lowest BCUT2D eigenvalue weighted by Crippen LogP contribution is -2.37. The van der Waals surface area contributed by atoms with Crippen LogP contribution in [0.4, 0.5) is 0 Å². The van der Waals surface area contributed by atoms with Gasteiger partial charge in [0, 0.05) is 24.9 Å². The van der Waals surface area contributed by atoms with Crippen LogP contribution < -0.4 is 0 Å². The van der Waals surface area contributed by atoms with Crippen LogP contribution in [0, 0.1) is 5.92 Å². The van der Waals surface area contributed by atoms with E-state index in [-0.39, 0.29) is 18.9 Å². The molecule has 0 aliphatic rings. The molecule has 0 spiro atoms. The van der Waals surface area contributed by atoms with E-state index in [1.54, 1.807) is 20.1 Å². The zero-order chi connectivity index (χ0) is 25.8. The Bertz CT molecular complexity index is 652. The number of ether oxygens (including phenoxy) is 6. The third-order valence-electron chi connectivity index (χ3n) is 4.62. The zero-order valence-electron chi connectivity index (χ0n) is 20.8. The van der Waals surface area contributed by atoms with E-state index in [2.05, 4.69) is 0 Å². The highest BCUT2D eigenvalue weighted by Gasteiger charge is 2.33. The van der Waals surface area contributed by atoms with Crippen LogP contribution in [0.1, 0.15) is 40.0 Å². The first-order chi connectivity index (χ1) is 16.3. The predicted molar refractivity (Wildman–Crippen MR) is 126 cm³/mol. The second-order valence-corrected chi connectivity index (χ2v) is 8.35. The minimum atomic E-state index is -1.73. The lowest BCUT2D eigenvalue weighted by atomic mass is 10.0. The van der Waals surface area contributed by atoms with E-state index in [1.165, 1.54) is 18.7 Å². The number of esters is 3. The maximum atomic E-state index is 12.5. The maximum Gasteiger partial charge on any atom is 0.334 e. The minimum Gasteiger partial charge on any atom is -0.448 e. The van der Waals surface area contributed by atoms with Gasteiger partial charge in [-0.3, -0.25) is 14.4 Å². The largest absolute Gasteiger partial charge is 0.448 e. The third kappa shape index (κ3) is 14.3. The number of carbonyl (C=O) groups excluding carboxylic acids is 4. The molecular weight excluding hydrogens is 468 g/mol. The van der Waals surface area contributed by atoms with Gasteiger partial charge in [-0.15, -0.1) is 0 Å². The average Bonchev–Trinajstić information content (AvgIpc) is 2.81. The molecule has 0 heterocycles. The monoisotopic (exact) mass is 506 g/mol. The highest BCUT2D eigenvalue weighted by molar-refractivity contribution is 7.98.